The summed E-state index contributed by atoms with van der Waals surface area (Å²) in [5, 5.41) is 12.6. The van der Waals surface area contributed by atoms with Gasteiger partial charge in [0.05, 0.1) is 10.3 Å². The molecule has 0 N–H and O–H groups in total. The van der Waals surface area contributed by atoms with Crippen molar-refractivity contribution in [1.29, 1.82) is 0 Å². The topological polar surface area (TPSA) is 65.3 Å². The average molecular weight is 301 g/mol. The maximum atomic E-state index is 11.1. The lowest BCUT2D eigenvalue weighted by Gasteiger charge is -2.09. The third-order valence-corrected chi connectivity index (χ3v) is 3.19. The summed E-state index contributed by atoms with van der Waals surface area (Å²) in [6, 6.07) is 13.3. The number of hydrogen-bond acceptors (Lipinski definition) is 4. The van der Waals surface area contributed by atoms with E-state index in [1.807, 2.05) is 0 Å². The van der Waals surface area contributed by atoms with Crippen LogP contribution in [0.4, 0.5) is 5.69 Å². The third kappa shape index (κ3) is 2.64. The Kier molecular flexibility index (Phi) is 3.41. The summed E-state index contributed by atoms with van der Waals surface area (Å²) in [5.74, 6) is 1.05. The molecule has 3 rings (SSSR count). The molecule has 0 aliphatic rings. The van der Waals surface area contributed by atoms with E-state index in [9.17, 15) is 10.1 Å². The number of non-ortho nitro benzene ring substituents is 1. The number of nitrogens with zero attached hydrogens (tertiary/aromatic N) is 2. The van der Waals surface area contributed by atoms with Crippen LogP contribution in [0.3, 0.4) is 0 Å². The van der Waals surface area contributed by atoms with E-state index in [1.165, 1.54) is 12.3 Å². The predicted octanol–water partition coefficient (Wildman–Crippen LogP) is 4.59. The minimum absolute atomic E-state index is 0.0470. The molecule has 1 heterocycles. The SMILES string of the molecule is O=[N+]([O-])c1ccc(Oc2ccnc(Cl)c2)c2ccccc12. The van der Waals surface area contributed by atoms with Crippen LogP contribution in [0.25, 0.3) is 10.8 Å². The third-order valence-electron chi connectivity index (χ3n) is 2.98. The number of rotatable bonds is 3. The maximum Gasteiger partial charge on any atom is 0.277 e. The first kappa shape index (κ1) is 13.3. The molecule has 0 aliphatic carbocycles. The Labute approximate surface area is 124 Å². The summed E-state index contributed by atoms with van der Waals surface area (Å²) in [7, 11) is 0. The number of hydrogen-bond donors (Lipinski definition) is 0. The molecule has 6 heteroatoms. The lowest BCUT2D eigenvalue weighted by molar-refractivity contribution is -0.383. The zero-order chi connectivity index (χ0) is 14.8. The van der Waals surface area contributed by atoms with E-state index in [-0.39, 0.29) is 5.69 Å². The Morgan fingerprint density at radius 3 is 2.57 bits per heavy atom. The van der Waals surface area contributed by atoms with Gasteiger partial charge < -0.3 is 4.74 Å². The summed E-state index contributed by atoms with van der Waals surface area (Å²) in [5.41, 5.74) is 0.0470. The molecule has 0 bridgehead atoms. The van der Waals surface area contributed by atoms with Crippen molar-refractivity contribution in [2.24, 2.45) is 0 Å². The number of pyridine rings is 1. The van der Waals surface area contributed by atoms with Gasteiger partial charge in [-0.05, 0) is 18.2 Å². The van der Waals surface area contributed by atoms with Crippen molar-refractivity contribution in [2.75, 3.05) is 0 Å². The quantitative estimate of drug-likeness (QED) is 0.403. The molecule has 0 aliphatic heterocycles. The molecule has 21 heavy (non-hydrogen) atoms. The van der Waals surface area contributed by atoms with Crippen molar-refractivity contribution < 1.29 is 9.66 Å². The molecule has 3 aromatic rings. The molecule has 5 nitrogen and oxygen atoms in total. The van der Waals surface area contributed by atoms with Gasteiger partial charge in [0.15, 0.2) is 0 Å². The number of nitro benzene ring substituents is 1. The zero-order valence-electron chi connectivity index (χ0n) is 10.7. The van der Waals surface area contributed by atoms with Crippen LogP contribution in [0, 0.1) is 10.1 Å². The molecule has 104 valence electrons. The second-order valence-electron chi connectivity index (χ2n) is 4.30. The smallest absolute Gasteiger partial charge is 0.277 e. The summed E-state index contributed by atoms with van der Waals surface area (Å²) in [6.45, 7) is 0. The van der Waals surface area contributed by atoms with E-state index in [0.29, 0.717) is 27.4 Å². The Hall–Kier alpha value is -2.66. The van der Waals surface area contributed by atoms with E-state index in [0.717, 1.165) is 0 Å². The fraction of sp³-hybridized carbons (Fsp3) is 0. The van der Waals surface area contributed by atoms with Crippen LogP contribution >= 0.6 is 11.6 Å². The largest absolute Gasteiger partial charge is 0.457 e. The molecule has 0 atom stereocenters. The Morgan fingerprint density at radius 1 is 1.10 bits per heavy atom. The van der Waals surface area contributed by atoms with E-state index in [1.54, 1.807) is 42.5 Å². The molecule has 0 radical (unpaired) electrons. The monoisotopic (exact) mass is 300 g/mol. The first-order valence-electron chi connectivity index (χ1n) is 6.11. The van der Waals surface area contributed by atoms with Crippen molar-refractivity contribution in [1.82, 2.24) is 4.98 Å². The molecule has 0 fully saturated rings. The molecule has 0 amide bonds. The van der Waals surface area contributed by atoms with Gasteiger partial charge in [0, 0.05) is 23.7 Å². The van der Waals surface area contributed by atoms with Crippen LogP contribution in [0.15, 0.2) is 54.7 Å². The fourth-order valence-electron chi connectivity index (χ4n) is 2.08. The van der Waals surface area contributed by atoms with E-state index in [4.69, 9.17) is 16.3 Å². The molecule has 1 aromatic heterocycles. The summed E-state index contributed by atoms with van der Waals surface area (Å²) >= 11 is 5.82. The van der Waals surface area contributed by atoms with Crippen molar-refractivity contribution in [3.8, 4) is 11.5 Å². The number of nitro groups is 1. The number of fused-ring (bicyclic) bond motifs is 1. The van der Waals surface area contributed by atoms with Gasteiger partial charge in [0.1, 0.15) is 16.7 Å². The second-order valence-corrected chi connectivity index (χ2v) is 4.69. The number of ether oxygens (including phenoxy) is 1. The fourth-order valence-corrected chi connectivity index (χ4v) is 2.24. The molecule has 2 aromatic carbocycles. The van der Waals surface area contributed by atoms with Crippen LogP contribution in [0.1, 0.15) is 0 Å². The number of benzene rings is 2. The molecule has 0 spiro atoms. The lowest BCUT2D eigenvalue weighted by atomic mass is 10.1. The minimum Gasteiger partial charge on any atom is -0.457 e. The van der Waals surface area contributed by atoms with E-state index < -0.39 is 4.92 Å². The molecule has 0 saturated carbocycles. The van der Waals surface area contributed by atoms with Gasteiger partial charge in [-0.1, -0.05) is 29.8 Å². The van der Waals surface area contributed by atoms with Crippen LogP contribution in [0.5, 0.6) is 11.5 Å². The summed E-state index contributed by atoms with van der Waals surface area (Å²) in [4.78, 5) is 14.5. The van der Waals surface area contributed by atoms with Gasteiger partial charge in [-0.3, -0.25) is 10.1 Å². The van der Waals surface area contributed by atoms with Gasteiger partial charge in [-0.2, -0.15) is 0 Å². The van der Waals surface area contributed by atoms with Crippen molar-refractivity contribution in [3.05, 3.63) is 70.0 Å². The van der Waals surface area contributed by atoms with Gasteiger partial charge in [0.25, 0.3) is 5.69 Å². The first-order chi connectivity index (χ1) is 10.1. The normalized spacial score (nSPS) is 10.5. The number of halogens is 1. The van der Waals surface area contributed by atoms with Crippen LogP contribution in [-0.4, -0.2) is 9.91 Å². The predicted molar refractivity (Wildman–Crippen MR) is 79.9 cm³/mol. The van der Waals surface area contributed by atoms with Crippen LogP contribution in [-0.2, 0) is 0 Å². The highest BCUT2D eigenvalue weighted by molar-refractivity contribution is 6.29. The molecule has 0 saturated heterocycles. The summed E-state index contributed by atoms with van der Waals surface area (Å²) in [6.07, 6.45) is 1.53. The van der Waals surface area contributed by atoms with Gasteiger partial charge in [-0.15, -0.1) is 0 Å². The minimum atomic E-state index is -0.407. The summed E-state index contributed by atoms with van der Waals surface area (Å²) < 4.78 is 5.76. The molecular formula is C15H9ClN2O3. The molecular weight excluding hydrogens is 292 g/mol. The molecule has 0 unspecified atom stereocenters. The first-order valence-corrected chi connectivity index (χ1v) is 6.48. The van der Waals surface area contributed by atoms with Gasteiger partial charge >= 0.3 is 0 Å². The zero-order valence-corrected chi connectivity index (χ0v) is 11.4. The van der Waals surface area contributed by atoms with Crippen molar-refractivity contribution in [2.45, 2.75) is 0 Å². The second kappa shape index (κ2) is 5.38. The van der Waals surface area contributed by atoms with Gasteiger partial charge in [0.2, 0.25) is 0 Å². The highest BCUT2D eigenvalue weighted by Crippen LogP contribution is 2.35. The maximum absolute atomic E-state index is 11.1. The van der Waals surface area contributed by atoms with Gasteiger partial charge in [-0.25, -0.2) is 4.98 Å². The van der Waals surface area contributed by atoms with E-state index >= 15 is 0 Å². The van der Waals surface area contributed by atoms with Crippen molar-refractivity contribution >= 4 is 28.1 Å². The van der Waals surface area contributed by atoms with Crippen LogP contribution < -0.4 is 4.74 Å². The Morgan fingerprint density at radius 2 is 1.86 bits per heavy atom. The van der Waals surface area contributed by atoms with Crippen LogP contribution in [0.2, 0.25) is 5.15 Å². The van der Waals surface area contributed by atoms with E-state index in [2.05, 4.69) is 4.98 Å². The van der Waals surface area contributed by atoms with Crippen molar-refractivity contribution in [3.63, 3.8) is 0 Å². The lowest BCUT2D eigenvalue weighted by Crippen LogP contribution is -1.92. The number of aromatic nitrogens is 1. The highest BCUT2D eigenvalue weighted by atomic mass is 35.5. The highest BCUT2D eigenvalue weighted by Gasteiger charge is 2.14. The Balaban J connectivity index is 2.12. The average Bonchev–Trinajstić information content (AvgIpc) is 2.47. The Bertz CT molecular complexity index is 836. The standard InChI is InChI=1S/C15H9ClN2O3/c16-15-9-10(7-8-17-15)21-14-6-5-13(18(19)20)11-3-1-2-4-12(11)14/h1-9H.